The number of hydrogen-bond acceptors (Lipinski definition) is 4. The number of aryl methyl sites for hydroxylation is 1. The molecule has 1 amide bonds. The minimum atomic E-state index is 0.0101. The summed E-state index contributed by atoms with van der Waals surface area (Å²) in [5.74, 6) is 0.713. The third-order valence-electron chi connectivity index (χ3n) is 3.59. The lowest BCUT2D eigenvalue weighted by atomic mass is 10.1. The van der Waals surface area contributed by atoms with Gasteiger partial charge in [0.2, 0.25) is 0 Å². The van der Waals surface area contributed by atoms with E-state index in [1.165, 1.54) is 0 Å². The molecule has 21 heavy (non-hydrogen) atoms. The fourth-order valence-corrected chi connectivity index (χ4v) is 2.43. The molecule has 0 aromatic carbocycles. The smallest absolute Gasteiger partial charge is 0.260 e. The van der Waals surface area contributed by atoms with Crippen molar-refractivity contribution in [2.45, 2.75) is 52.1 Å². The Bertz CT molecular complexity index is 498. The van der Waals surface area contributed by atoms with Crippen LogP contribution in [0.3, 0.4) is 0 Å². The van der Waals surface area contributed by atoms with Crippen LogP contribution in [0.2, 0.25) is 0 Å². The molecule has 1 atom stereocenters. The summed E-state index contributed by atoms with van der Waals surface area (Å²) in [4.78, 5) is 18.6. The van der Waals surface area contributed by atoms with Crippen molar-refractivity contribution < 1.29 is 9.53 Å². The Morgan fingerprint density at radius 3 is 2.81 bits per heavy atom. The number of amides is 1. The molecule has 1 fully saturated rings. The van der Waals surface area contributed by atoms with Crippen LogP contribution in [0.1, 0.15) is 38.1 Å². The summed E-state index contributed by atoms with van der Waals surface area (Å²) in [6.07, 6.45) is 2.87. The highest BCUT2D eigenvalue weighted by atomic mass is 16.5. The molecule has 1 aliphatic carbocycles. The molecular formula is C16H25N3O2. The van der Waals surface area contributed by atoms with Crippen LogP contribution in [0.25, 0.3) is 0 Å². The van der Waals surface area contributed by atoms with E-state index in [1.54, 1.807) is 0 Å². The van der Waals surface area contributed by atoms with E-state index in [4.69, 9.17) is 10.5 Å². The Morgan fingerprint density at radius 2 is 2.24 bits per heavy atom. The molecule has 1 unspecified atom stereocenters. The molecule has 0 spiro atoms. The van der Waals surface area contributed by atoms with Gasteiger partial charge in [0.25, 0.3) is 5.91 Å². The summed E-state index contributed by atoms with van der Waals surface area (Å²) in [6.45, 7) is 6.69. The molecule has 0 bridgehead atoms. The van der Waals surface area contributed by atoms with Gasteiger partial charge in [-0.3, -0.25) is 9.78 Å². The van der Waals surface area contributed by atoms with E-state index >= 15 is 0 Å². The zero-order chi connectivity index (χ0) is 15.4. The van der Waals surface area contributed by atoms with Gasteiger partial charge in [-0.2, -0.15) is 0 Å². The number of carbonyl (C=O) groups excluding carboxylic acids is 1. The molecule has 0 radical (unpaired) electrons. The maximum Gasteiger partial charge on any atom is 0.260 e. The van der Waals surface area contributed by atoms with Crippen LogP contribution in [0.4, 0.5) is 0 Å². The highest BCUT2D eigenvalue weighted by Gasteiger charge is 2.31. The molecular weight excluding hydrogens is 266 g/mol. The SMILES string of the molecule is CCN(C(=O)COc1ccc(C)nc1CC(C)N)C1CC1. The van der Waals surface area contributed by atoms with Gasteiger partial charge in [0, 0.05) is 30.7 Å². The predicted octanol–water partition coefficient (Wildman–Crippen LogP) is 1.67. The molecule has 0 aliphatic heterocycles. The quantitative estimate of drug-likeness (QED) is 0.829. The van der Waals surface area contributed by atoms with Crippen molar-refractivity contribution in [2.24, 2.45) is 5.73 Å². The van der Waals surface area contributed by atoms with Crippen molar-refractivity contribution >= 4 is 5.91 Å². The number of hydrogen-bond donors (Lipinski definition) is 1. The minimum absolute atomic E-state index is 0.0101. The Morgan fingerprint density at radius 1 is 1.52 bits per heavy atom. The number of likely N-dealkylation sites (N-methyl/N-ethyl adjacent to an activating group) is 1. The topological polar surface area (TPSA) is 68.5 Å². The first-order valence-electron chi connectivity index (χ1n) is 7.65. The van der Waals surface area contributed by atoms with E-state index < -0.39 is 0 Å². The van der Waals surface area contributed by atoms with Gasteiger partial charge >= 0.3 is 0 Å². The molecule has 2 rings (SSSR count). The highest BCUT2D eigenvalue weighted by Crippen LogP contribution is 2.27. The second-order valence-electron chi connectivity index (χ2n) is 5.78. The van der Waals surface area contributed by atoms with Crippen LogP contribution in [0.15, 0.2) is 12.1 Å². The number of rotatable bonds is 7. The Labute approximate surface area is 126 Å². The lowest BCUT2D eigenvalue weighted by molar-refractivity contribution is -0.133. The van der Waals surface area contributed by atoms with Gasteiger partial charge in [-0.15, -0.1) is 0 Å². The van der Waals surface area contributed by atoms with Gasteiger partial charge in [0.15, 0.2) is 6.61 Å². The second-order valence-corrected chi connectivity index (χ2v) is 5.78. The predicted molar refractivity (Wildman–Crippen MR) is 82.2 cm³/mol. The molecule has 1 aromatic rings. The van der Waals surface area contributed by atoms with Crippen LogP contribution < -0.4 is 10.5 Å². The lowest BCUT2D eigenvalue weighted by Crippen LogP contribution is -2.36. The van der Waals surface area contributed by atoms with Crippen molar-refractivity contribution in [2.75, 3.05) is 13.2 Å². The first-order valence-corrected chi connectivity index (χ1v) is 7.65. The normalized spacial score (nSPS) is 15.6. The standard InChI is InChI=1S/C16H25N3O2/c1-4-19(13-6-7-13)16(20)10-21-15-8-5-12(3)18-14(15)9-11(2)17/h5,8,11,13H,4,6-7,9-10,17H2,1-3H3. The number of carbonyl (C=O) groups is 1. The zero-order valence-electron chi connectivity index (χ0n) is 13.1. The number of nitrogens with zero attached hydrogens (tertiary/aromatic N) is 2. The van der Waals surface area contributed by atoms with Gasteiger partial charge in [-0.1, -0.05) is 0 Å². The molecule has 1 aliphatic rings. The molecule has 5 nitrogen and oxygen atoms in total. The van der Waals surface area contributed by atoms with Gasteiger partial charge in [0.1, 0.15) is 5.75 Å². The lowest BCUT2D eigenvalue weighted by Gasteiger charge is -2.21. The monoisotopic (exact) mass is 291 g/mol. The molecule has 1 aromatic heterocycles. The summed E-state index contributed by atoms with van der Waals surface area (Å²) in [6, 6.07) is 4.20. The minimum Gasteiger partial charge on any atom is -0.482 e. The van der Waals surface area contributed by atoms with Gasteiger partial charge < -0.3 is 15.4 Å². The first-order chi connectivity index (χ1) is 10.0. The van der Waals surface area contributed by atoms with Crippen molar-refractivity contribution in [3.05, 3.63) is 23.5 Å². The maximum absolute atomic E-state index is 12.2. The molecule has 1 heterocycles. The average Bonchev–Trinajstić information content (AvgIpc) is 3.22. The molecule has 1 saturated carbocycles. The van der Waals surface area contributed by atoms with Crippen molar-refractivity contribution in [1.29, 1.82) is 0 Å². The van der Waals surface area contributed by atoms with E-state index in [-0.39, 0.29) is 18.6 Å². The maximum atomic E-state index is 12.2. The third kappa shape index (κ3) is 4.43. The van der Waals surface area contributed by atoms with Crippen LogP contribution in [0, 0.1) is 6.92 Å². The molecule has 0 saturated heterocycles. The van der Waals surface area contributed by atoms with Gasteiger partial charge in [0.05, 0.1) is 5.69 Å². The van der Waals surface area contributed by atoms with E-state index in [9.17, 15) is 4.79 Å². The fraction of sp³-hybridized carbons (Fsp3) is 0.625. The number of ether oxygens (including phenoxy) is 1. The first kappa shape index (κ1) is 15.8. The van der Waals surface area contributed by atoms with E-state index in [2.05, 4.69) is 4.98 Å². The van der Waals surface area contributed by atoms with Gasteiger partial charge in [-0.25, -0.2) is 0 Å². The summed E-state index contributed by atoms with van der Waals surface area (Å²) in [7, 11) is 0. The molecule has 5 heteroatoms. The Hall–Kier alpha value is -1.62. The summed E-state index contributed by atoms with van der Waals surface area (Å²) < 4.78 is 5.71. The largest absolute Gasteiger partial charge is 0.482 e. The van der Waals surface area contributed by atoms with E-state index in [0.717, 1.165) is 30.8 Å². The molecule has 2 N–H and O–H groups in total. The van der Waals surface area contributed by atoms with Crippen molar-refractivity contribution in [3.63, 3.8) is 0 Å². The molecule has 116 valence electrons. The van der Waals surface area contributed by atoms with E-state index in [1.807, 2.05) is 37.8 Å². The summed E-state index contributed by atoms with van der Waals surface area (Å²) in [5.41, 5.74) is 7.60. The Balaban J connectivity index is 2.00. The highest BCUT2D eigenvalue weighted by molar-refractivity contribution is 5.78. The average molecular weight is 291 g/mol. The summed E-state index contributed by atoms with van der Waals surface area (Å²) in [5, 5.41) is 0. The fourth-order valence-electron chi connectivity index (χ4n) is 2.43. The summed E-state index contributed by atoms with van der Waals surface area (Å²) >= 11 is 0. The van der Waals surface area contributed by atoms with Crippen molar-refractivity contribution in [1.82, 2.24) is 9.88 Å². The zero-order valence-corrected chi connectivity index (χ0v) is 13.1. The van der Waals surface area contributed by atoms with Crippen LogP contribution in [-0.4, -0.2) is 41.0 Å². The van der Waals surface area contributed by atoms with Gasteiger partial charge in [-0.05, 0) is 45.7 Å². The Kier molecular flexibility index (Phi) is 5.17. The number of nitrogens with two attached hydrogens (primary N) is 1. The van der Waals surface area contributed by atoms with Crippen molar-refractivity contribution in [3.8, 4) is 5.75 Å². The van der Waals surface area contributed by atoms with Crippen LogP contribution >= 0.6 is 0 Å². The van der Waals surface area contributed by atoms with E-state index in [0.29, 0.717) is 18.2 Å². The number of aromatic nitrogens is 1. The van der Waals surface area contributed by atoms with Crippen LogP contribution in [-0.2, 0) is 11.2 Å². The van der Waals surface area contributed by atoms with Crippen LogP contribution in [0.5, 0.6) is 5.75 Å². The second kappa shape index (κ2) is 6.89. The third-order valence-corrected chi connectivity index (χ3v) is 3.59. The number of pyridine rings is 1.